The Kier molecular flexibility index (Phi) is 12.9. The molecule has 1 unspecified atom stereocenters. The molecule has 16 heavy (non-hydrogen) atoms. The van der Waals surface area contributed by atoms with Crippen LogP contribution in [-0.2, 0) is 0 Å². The lowest BCUT2D eigenvalue weighted by molar-refractivity contribution is 0.269. The molecule has 2 N–H and O–H groups in total. The molecule has 0 amide bonds. The maximum atomic E-state index is 8.74. The van der Waals surface area contributed by atoms with Crippen molar-refractivity contribution in [2.45, 2.75) is 77.7 Å². The molecule has 0 aliphatic heterocycles. The summed E-state index contributed by atoms with van der Waals surface area (Å²) in [6.45, 7) is 5.81. The van der Waals surface area contributed by atoms with Crippen molar-refractivity contribution in [2.75, 3.05) is 13.2 Å². The third-order valence-electron chi connectivity index (χ3n) is 3.09. The summed E-state index contributed by atoms with van der Waals surface area (Å²) >= 11 is 0. The van der Waals surface area contributed by atoms with Gasteiger partial charge < -0.3 is 10.4 Å². The minimum Gasteiger partial charge on any atom is -0.396 e. The summed E-state index contributed by atoms with van der Waals surface area (Å²) in [4.78, 5) is 0. The zero-order valence-corrected chi connectivity index (χ0v) is 11.3. The van der Waals surface area contributed by atoms with Crippen LogP contribution in [0.5, 0.6) is 0 Å². The van der Waals surface area contributed by atoms with Crippen molar-refractivity contribution in [2.24, 2.45) is 0 Å². The van der Waals surface area contributed by atoms with Crippen LogP contribution in [0.25, 0.3) is 0 Å². The maximum Gasteiger partial charge on any atom is 0.0445 e. The predicted octanol–water partition coefficient (Wildman–Crippen LogP) is 3.49. The Balaban J connectivity index is 2.98. The molecule has 0 saturated carbocycles. The van der Waals surface area contributed by atoms with Crippen LogP contribution < -0.4 is 5.32 Å². The molecule has 0 saturated heterocycles. The van der Waals surface area contributed by atoms with Gasteiger partial charge in [-0.15, -0.1) is 0 Å². The summed E-state index contributed by atoms with van der Waals surface area (Å²) in [5.41, 5.74) is 0. The minimum atomic E-state index is 0.297. The molecular formula is C14H31NO. The van der Waals surface area contributed by atoms with Crippen LogP contribution in [0, 0.1) is 0 Å². The molecule has 0 rings (SSSR count). The van der Waals surface area contributed by atoms with Crippen molar-refractivity contribution < 1.29 is 5.11 Å². The second-order valence-corrected chi connectivity index (χ2v) is 4.84. The maximum absolute atomic E-state index is 8.74. The van der Waals surface area contributed by atoms with Crippen LogP contribution in [0.15, 0.2) is 0 Å². The van der Waals surface area contributed by atoms with Gasteiger partial charge in [0.2, 0.25) is 0 Å². The highest BCUT2D eigenvalue weighted by Gasteiger charge is 1.98. The van der Waals surface area contributed by atoms with Gasteiger partial charge in [-0.25, -0.2) is 0 Å². The molecule has 98 valence electrons. The number of aliphatic hydroxyl groups is 1. The SMILES string of the molecule is CCCCCCCCCCNC(C)CCO. The highest BCUT2D eigenvalue weighted by Crippen LogP contribution is 2.07. The quantitative estimate of drug-likeness (QED) is 0.502. The van der Waals surface area contributed by atoms with Crippen LogP contribution in [-0.4, -0.2) is 24.3 Å². The fourth-order valence-corrected chi connectivity index (χ4v) is 1.90. The van der Waals surface area contributed by atoms with Crippen LogP contribution in [0.4, 0.5) is 0 Å². The van der Waals surface area contributed by atoms with E-state index in [1.165, 1.54) is 51.4 Å². The molecule has 0 heterocycles. The van der Waals surface area contributed by atoms with E-state index in [9.17, 15) is 0 Å². The van der Waals surface area contributed by atoms with Gasteiger partial charge in [-0.1, -0.05) is 51.9 Å². The van der Waals surface area contributed by atoms with Gasteiger partial charge in [0.25, 0.3) is 0 Å². The molecule has 0 radical (unpaired) electrons. The van der Waals surface area contributed by atoms with Gasteiger partial charge in [0.1, 0.15) is 0 Å². The largest absolute Gasteiger partial charge is 0.396 e. The van der Waals surface area contributed by atoms with Crippen LogP contribution in [0.2, 0.25) is 0 Å². The van der Waals surface area contributed by atoms with Gasteiger partial charge >= 0.3 is 0 Å². The van der Waals surface area contributed by atoms with Gasteiger partial charge in [-0.05, 0) is 26.3 Å². The van der Waals surface area contributed by atoms with E-state index in [1.54, 1.807) is 0 Å². The third-order valence-corrected chi connectivity index (χ3v) is 3.09. The van der Waals surface area contributed by atoms with Gasteiger partial charge in [-0.2, -0.15) is 0 Å². The summed E-state index contributed by atoms with van der Waals surface area (Å²) in [6, 6.07) is 0.467. The van der Waals surface area contributed by atoms with Crippen molar-refractivity contribution in [3.05, 3.63) is 0 Å². The standard InChI is InChI=1S/C14H31NO/c1-3-4-5-6-7-8-9-10-12-15-14(2)11-13-16/h14-16H,3-13H2,1-2H3. The fourth-order valence-electron chi connectivity index (χ4n) is 1.90. The molecule has 0 aliphatic rings. The fraction of sp³-hybridized carbons (Fsp3) is 1.00. The van der Waals surface area contributed by atoms with E-state index in [2.05, 4.69) is 19.2 Å². The Morgan fingerprint density at radius 3 is 2.06 bits per heavy atom. The van der Waals surface area contributed by atoms with E-state index in [1.807, 2.05) is 0 Å². The number of nitrogens with one attached hydrogen (secondary N) is 1. The molecule has 2 nitrogen and oxygen atoms in total. The number of unbranched alkanes of at least 4 members (excludes halogenated alkanes) is 7. The first kappa shape index (κ1) is 15.9. The Morgan fingerprint density at radius 1 is 0.938 bits per heavy atom. The van der Waals surface area contributed by atoms with Crippen molar-refractivity contribution >= 4 is 0 Å². The van der Waals surface area contributed by atoms with Crippen molar-refractivity contribution in [1.29, 1.82) is 0 Å². The third kappa shape index (κ3) is 12.0. The van der Waals surface area contributed by atoms with Gasteiger partial charge in [0.15, 0.2) is 0 Å². The molecule has 1 atom stereocenters. The number of hydrogen-bond donors (Lipinski definition) is 2. The Bertz CT molecular complexity index is 128. The number of aliphatic hydroxyl groups excluding tert-OH is 1. The zero-order valence-electron chi connectivity index (χ0n) is 11.3. The summed E-state index contributed by atoms with van der Waals surface area (Å²) in [5.74, 6) is 0. The summed E-state index contributed by atoms with van der Waals surface area (Å²) in [5, 5.41) is 12.2. The average molecular weight is 229 g/mol. The van der Waals surface area contributed by atoms with Crippen molar-refractivity contribution in [1.82, 2.24) is 5.32 Å². The van der Waals surface area contributed by atoms with Crippen molar-refractivity contribution in [3.63, 3.8) is 0 Å². The minimum absolute atomic E-state index is 0.297. The topological polar surface area (TPSA) is 32.3 Å². The molecule has 0 aromatic rings. The van der Waals surface area contributed by atoms with Gasteiger partial charge in [0.05, 0.1) is 0 Å². The van der Waals surface area contributed by atoms with E-state index in [-0.39, 0.29) is 0 Å². The second-order valence-electron chi connectivity index (χ2n) is 4.84. The first-order chi connectivity index (χ1) is 7.81. The normalized spacial score (nSPS) is 12.9. The molecular weight excluding hydrogens is 198 g/mol. The first-order valence-electron chi connectivity index (χ1n) is 7.15. The Labute approximate surface area is 102 Å². The second kappa shape index (κ2) is 13.0. The average Bonchev–Trinajstić information content (AvgIpc) is 2.27. The van der Waals surface area contributed by atoms with Gasteiger partial charge in [-0.3, -0.25) is 0 Å². The molecule has 0 aromatic carbocycles. The summed E-state index contributed by atoms with van der Waals surface area (Å²) < 4.78 is 0. The predicted molar refractivity (Wildman–Crippen MR) is 71.8 cm³/mol. The summed E-state index contributed by atoms with van der Waals surface area (Å²) in [6.07, 6.45) is 11.9. The first-order valence-corrected chi connectivity index (χ1v) is 7.15. The van der Waals surface area contributed by atoms with Crippen LogP contribution >= 0.6 is 0 Å². The smallest absolute Gasteiger partial charge is 0.0445 e. The van der Waals surface area contributed by atoms with E-state index in [0.717, 1.165) is 13.0 Å². The number of rotatable bonds is 12. The number of hydrogen-bond acceptors (Lipinski definition) is 2. The molecule has 0 fully saturated rings. The molecule has 2 heteroatoms. The molecule has 0 bridgehead atoms. The molecule has 0 aliphatic carbocycles. The lowest BCUT2D eigenvalue weighted by Gasteiger charge is -2.11. The van der Waals surface area contributed by atoms with E-state index < -0.39 is 0 Å². The summed E-state index contributed by atoms with van der Waals surface area (Å²) in [7, 11) is 0. The lowest BCUT2D eigenvalue weighted by atomic mass is 10.1. The van der Waals surface area contributed by atoms with E-state index in [4.69, 9.17) is 5.11 Å². The molecule has 0 spiro atoms. The zero-order chi connectivity index (χ0) is 12.1. The lowest BCUT2D eigenvalue weighted by Crippen LogP contribution is -2.27. The van der Waals surface area contributed by atoms with Crippen LogP contribution in [0.3, 0.4) is 0 Å². The Morgan fingerprint density at radius 2 is 1.50 bits per heavy atom. The van der Waals surface area contributed by atoms with Crippen LogP contribution in [0.1, 0.15) is 71.6 Å². The molecule has 0 aromatic heterocycles. The Hall–Kier alpha value is -0.0800. The monoisotopic (exact) mass is 229 g/mol. The van der Waals surface area contributed by atoms with E-state index >= 15 is 0 Å². The van der Waals surface area contributed by atoms with Crippen molar-refractivity contribution in [3.8, 4) is 0 Å². The highest BCUT2D eigenvalue weighted by atomic mass is 16.3. The van der Waals surface area contributed by atoms with E-state index in [0.29, 0.717) is 12.6 Å². The highest BCUT2D eigenvalue weighted by molar-refractivity contribution is 4.59. The van der Waals surface area contributed by atoms with Gasteiger partial charge in [0, 0.05) is 12.6 Å².